The van der Waals surface area contributed by atoms with Gasteiger partial charge >= 0.3 is 0 Å². The van der Waals surface area contributed by atoms with E-state index in [2.05, 4.69) is 67.8 Å². The lowest BCUT2D eigenvalue weighted by atomic mass is 9.99. The van der Waals surface area contributed by atoms with E-state index in [1.165, 1.54) is 70.6 Å². The molecule has 1 aliphatic heterocycles. The number of rotatable bonds is 35. The first-order valence-electron chi connectivity index (χ1n) is 22.0. The number of allylic oxidation sites excluding steroid dienone is 9. The smallest absolute Gasteiger partial charge is 0.220 e. The van der Waals surface area contributed by atoms with E-state index in [0.717, 1.165) is 77.0 Å². The molecule has 318 valence electrons. The molecule has 1 aliphatic rings. The second-order valence-corrected chi connectivity index (χ2v) is 15.1. The monoisotopic (exact) mass is 776 g/mol. The molecule has 7 atom stereocenters. The number of unbranched alkanes of at least 4 members (excludes halogenated alkanes) is 17. The molecule has 6 N–H and O–H groups in total. The number of carbonyl (C=O) groups is 1. The molecule has 0 aromatic carbocycles. The van der Waals surface area contributed by atoms with E-state index in [9.17, 15) is 30.3 Å². The first kappa shape index (κ1) is 50.9. The summed E-state index contributed by atoms with van der Waals surface area (Å²) in [5.74, 6) is -0.208. The molecule has 9 heteroatoms. The van der Waals surface area contributed by atoms with Gasteiger partial charge in [0.25, 0.3) is 0 Å². The van der Waals surface area contributed by atoms with Gasteiger partial charge in [-0.1, -0.05) is 145 Å². The van der Waals surface area contributed by atoms with Crippen molar-refractivity contribution in [2.24, 2.45) is 0 Å². The van der Waals surface area contributed by atoms with Crippen LogP contribution in [-0.4, -0.2) is 87.5 Å². The highest BCUT2D eigenvalue weighted by molar-refractivity contribution is 5.76. The minimum Gasteiger partial charge on any atom is -0.394 e. The Balaban J connectivity index is 2.45. The Bertz CT molecular complexity index is 1040. The van der Waals surface area contributed by atoms with Gasteiger partial charge in [0.1, 0.15) is 24.4 Å². The summed E-state index contributed by atoms with van der Waals surface area (Å²) in [6.07, 6.45) is 39.7. The molecule has 1 rings (SSSR count). The zero-order chi connectivity index (χ0) is 40.2. The highest BCUT2D eigenvalue weighted by Crippen LogP contribution is 2.22. The van der Waals surface area contributed by atoms with Gasteiger partial charge in [-0.15, -0.1) is 0 Å². The summed E-state index contributed by atoms with van der Waals surface area (Å²) >= 11 is 0. The second kappa shape index (κ2) is 36.2. The van der Waals surface area contributed by atoms with Gasteiger partial charge in [-0.25, -0.2) is 0 Å². The van der Waals surface area contributed by atoms with Gasteiger partial charge in [0, 0.05) is 6.42 Å². The Labute approximate surface area is 335 Å². The van der Waals surface area contributed by atoms with E-state index >= 15 is 0 Å². The van der Waals surface area contributed by atoms with Crippen LogP contribution < -0.4 is 5.32 Å². The van der Waals surface area contributed by atoms with Gasteiger partial charge in [0.15, 0.2) is 6.29 Å². The van der Waals surface area contributed by atoms with Crippen LogP contribution in [0.2, 0.25) is 0 Å². The molecule has 1 amide bonds. The third-order valence-corrected chi connectivity index (χ3v) is 10.0. The molecule has 0 aromatic rings. The summed E-state index contributed by atoms with van der Waals surface area (Å²) in [5.41, 5.74) is 0. The van der Waals surface area contributed by atoms with Gasteiger partial charge in [-0.3, -0.25) is 4.79 Å². The quantitative estimate of drug-likeness (QED) is 0.0277. The van der Waals surface area contributed by atoms with E-state index in [0.29, 0.717) is 6.42 Å². The molecule has 7 unspecified atom stereocenters. The van der Waals surface area contributed by atoms with E-state index in [-0.39, 0.29) is 12.5 Å². The lowest BCUT2D eigenvalue weighted by Gasteiger charge is -2.40. The number of aliphatic hydroxyl groups excluding tert-OH is 5. The van der Waals surface area contributed by atoms with Crippen LogP contribution in [0.1, 0.15) is 168 Å². The second-order valence-electron chi connectivity index (χ2n) is 15.1. The SMILES string of the molecule is CCCCCC/C=C\C/C=C\CCCCCCCC(=O)NC(COC1OC(CO)C(O)C(O)C1O)C(O)/C=C/CC/C=C/CC/C=C/CCCCCCCC. The molecule has 0 aromatic heterocycles. The first-order chi connectivity index (χ1) is 26.8. The molecule has 1 heterocycles. The number of aliphatic hydroxyl groups is 5. The molecule has 0 bridgehead atoms. The maximum absolute atomic E-state index is 12.9. The summed E-state index contributed by atoms with van der Waals surface area (Å²) in [7, 11) is 0. The van der Waals surface area contributed by atoms with E-state index in [1.807, 2.05) is 6.08 Å². The molecule has 0 spiro atoms. The molecule has 9 nitrogen and oxygen atoms in total. The van der Waals surface area contributed by atoms with Crippen LogP contribution >= 0.6 is 0 Å². The van der Waals surface area contributed by atoms with E-state index in [1.54, 1.807) is 6.08 Å². The molecule has 0 saturated carbocycles. The Morgan fingerprint density at radius 3 is 1.65 bits per heavy atom. The van der Waals surface area contributed by atoms with Crippen LogP contribution in [0.4, 0.5) is 0 Å². The van der Waals surface area contributed by atoms with Gasteiger partial charge in [0.05, 0.1) is 25.4 Å². The predicted molar refractivity (Wildman–Crippen MR) is 226 cm³/mol. The molecule has 1 fully saturated rings. The van der Waals surface area contributed by atoms with E-state index < -0.39 is 49.5 Å². The van der Waals surface area contributed by atoms with Gasteiger partial charge < -0.3 is 40.3 Å². The minimum atomic E-state index is -1.58. The van der Waals surface area contributed by atoms with Crippen LogP contribution in [0.3, 0.4) is 0 Å². The van der Waals surface area contributed by atoms with Crippen molar-refractivity contribution in [3.8, 4) is 0 Å². The minimum absolute atomic E-state index is 0.208. The van der Waals surface area contributed by atoms with Crippen molar-refractivity contribution >= 4 is 5.91 Å². The standard InChI is InChI=1S/C46H81NO8/c1-3-5-7-9-11-13-15-17-19-21-23-25-27-29-31-33-35-40(49)39(38-54-46-45(53)44(52)43(51)41(37-48)55-46)47-42(50)36-34-32-30-28-26-24-22-20-18-16-14-12-10-8-6-4-2/h14,16-17,19-20,22,25,27,33,35,39-41,43-46,48-49,51-53H,3-13,15,18,21,23-24,26,28-32,34,36-38H2,1-2H3,(H,47,50)/b16-14-,19-17+,22-20-,27-25+,35-33+. The molecule has 55 heavy (non-hydrogen) atoms. The fraction of sp³-hybridized carbons (Fsp3) is 0.761. The van der Waals surface area contributed by atoms with Gasteiger partial charge in [-0.05, 0) is 77.0 Å². The molecule has 0 radical (unpaired) electrons. The summed E-state index contributed by atoms with van der Waals surface area (Å²) in [4.78, 5) is 12.9. The summed E-state index contributed by atoms with van der Waals surface area (Å²) in [6, 6.07) is -0.836. The third kappa shape index (κ3) is 27.2. The van der Waals surface area contributed by atoms with Crippen molar-refractivity contribution in [1.82, 2.24) is 5.32 Å². The van der Waals surface area contributed by atoms with Crippen molar-refractivity contribution < 1.29 is 39.8 Å². The molecule has 0 aliphatic carbocycles. The summed E-state index contributed by atoms with van der Waals surface area (Å²) in [6.45, 7) is 3.69. The number of amides is 1. The van der Waals surface area contributed by atoms with Crippen LogP contribution in [0.5, 0.6) is 0 Å². The largest absolute Gasteiger partial charge is 0.394 e. The average molecular weight is 776 g/mol. The normalized spacial score (nSPS) is 21.9. The fourth-order valence-electron chi connectivity index (χ4n) is 6.45. The highest BCUT2D eigenvalue weighted by atomic mass is 16.7. The van der Waals surface area contributed by atoms with Crippen molar-refractivity contribution in [2.75, 3.05) is 13.2 Å². The Hall–Kier alpha value is -2.11. The maximum atomic E-state index is 12.9. The van der Waals surface area contributed by atoms with E-state index in [4.69, 9.17) is 9.47 Å². The van der Waals surface area contributed by atoms with Crippen LogP contribution in [0.15, 0.2) is 60.8 Å². The van der Waals surface area contributed by atoms with Crippen molar-refractivity contribution in [3.05, 3.63) is 60.8 Å². The summed E-state index contributed by atoms with van der Waals surface area (Å²) < 4.78 is 11.2. The lowest BCUT2D eigenvalue weighted by molar-refractivity contribution is -0.302. The Morgan fingerprint density at radius 2 is 1.09 bits per heavy atom. The number of ether oxygens (including phenoxy) is 2. The van der Waals surface area contributed by atoms with Crippen molar-refractivity contribution in [3.63, 3.8) is 0 Å². The average Bonchev–Trinajstić information content (AvgIpc) is 3.18. The highest BCUT2D eigenvalue weighted by Gasteiger charge is 2.44. The first-order valence-corrected chi connectivity index (χ1v) is 22.0. The van der Waals surface area contributed by atoms with Gasteiger partial charge in [-0.2, -0.15) is 0 Å². The van der Waals surface area contributed by atoms with Gasteiger partial charge in [0.2, 0.25) is 5.91 Å². The number of hydrogen-bond donors (Lipinski definition) is 6. The van der Waals surface area contributed by atoms with Crippen molar-refractivity contribution in [2.45, 2.75) is 211 Å². The zero-order valence-electron chi connectivity index (χ0n) is 34.7. The zero-order valence-corrected chi connectivity index (χ0v) is 34.7. The van der Waals surface area contributed by atoms with Crippen molar-refractivity contribution in [1.29, 1.82) is 0 Å². The van der Waals surface area contributed by atoms with Crippen LogP contribution in [0.25, 0.3) is 0 Å². The van der Waals surface area contributed by atoms with Crippen LogP contribution in [0, 0.1) is 0 Å². The Morgan fingerprint density at radius 1 is 0.618 bits per heavy atom. The molecule has 1 saturated heterocycles. The third-order valence-electron chi connectivity index (χ3n) is 10.0. The number of nitrogens with one attached hydrogen (secondary N) is 1. The molecular weight excluding hydrogens is 695 g/mol. The fourth-order valence-corrected chi connectivity index (χ4v) is 6.45. The number of carbonyl (C=O) groups excluding carboxylic acids is 1. The topological polar surface area (TPSA) is 149 Å². The number of hydrogen-bond acceptors (Lipinski definition) is 8. The Kier molecular flexibility index (Phi) is 33.5. The van der Waals surface area contributed by atoms with Crippen LogP contribution in [-0.2, 0) is 14.3 Å². The maximum Gasteiger partial charge on any atom is 0.220 e. The lowest BCUT2D eigenvalue weighted by Crippen LogP contribution is -2.60. The summed E-state index contributed by atoms with van der Waals surface area (Å²) in [5, 5.41) is 54.1. The predicted octanol–water partition coefficient (Wildman–Crippen LogP) is 8.83. The molecular formula is C46H81NO8.